The summed E-state index contributed by atoms with van der Waals surface area (Å²) in [6.07, 6.45) is 5.19. The van der Waals surface area contributed by atoms with Crippen LogP contribution in [0.15, 0.2) is 36.9 Å². The molecule has 1 aromatic carbocycles. The van der Waals surface area contributed by atoms with E-state index >= 15 is 0 Å². The van der Waals surface area contributed by atoms with Crippen molar-refractivity contribution in [2.75, 3.05) is 19.8 Å². The van der Waals surface area contributed by atoms with Crippen molar-refractivity contribution in [2.45, 2.75) is 38.3 Å². The van der Waals surface area contributed by atoms with Crippen LogP contribution in [0.1, 0.15) is 53.7 Å². The molecule has 3 aromatic rings. The van der Waals surface area contributed by atoms with Gasteiger partial charge in [0.1, 0.15) is 18.5 Å². The fourth-order valence-electron chi connectivity index (χ4n) is 4.27. The zero-order valence-corrected chi connectivity index (χ0v) is 16.3. The highest BCUT2D eigenvalue weighted by Gasteiger charge is 2.32. The molecule has 29 heavy (non-hydrogen) atoms. The normalized spacial score (nSPS) is 19.9. The van der Waals surface area contributed by atoms with E-state index in [2.05, 4.69) is 31.9 Å². The minimum atomic E-state index is -0.00589. The minimum Gasteiger partial charge on any atom is -0.381 e. The van der Waals surface area contributed by atoms with E-state index in [1.807, 2.05) is 29.2 Å². The molecule has 150 valence electrons. The number of amides is 1. The van der Waals surface area contributed by atoms with Gasteiger partial charge in [-0.15, -0.1) is 20.4 Å². The summed E-state index contributed by atoms with van der Waals surface area (Å²) in [5.74, 6) is 2.27. The molecule has 0 aliphatic carbocycles. The summed E-state index contributed by atoms with van der Waals surface area (Å²) in [4.78, 5) is 15.1. The molecular formula is C20H23N7O2. The van der Waals surface area contributed by atoms with Crippen molar-refractivity contribution < 1.29 is 9.53 Å². The van der Waals surface area contributed by atoms with Crippen molar-refractivity contribution in [3.63, 3.8) is 0 Å². The predicted molar refractivity (Wildman–Crippen MR) is 104 cm³/mol. The van der Waals surface area contributed by atoms with Crippen LogP contribution in [0.25, 0.3) is 5.69 Å². The van der Waals surface area contributed by atoms with Crippen molar-refractivity contribution in [2.24, 2.45) is 0 Å². The fourth-order valence-corrected chi connectivity index (χ4v) is 4.27. The summed E-state index contributed by atoms with van der Waals surface area (Å²) in [6.45, 7) is 4.78. The summed E-state index contributed by atoms with van der Waals surface area (Å²) in [5.41, 5.74) is 1.50. The molecule has 2 aliphatic heterocycles. The molecule has 0 N–H and O–H groups in total. The standard InChI is InChI=1S/C20H23N7O2/c1-14-10-25(11-18-23-24-19(27(14)18)15-5-7-29-8-6-15)20(28)16-3-2-4-17(9-16)26-12-21-22-13-26/h2-4,9,12-15H,5-8,10-11H2,1H3/t14-/m0/s1. The van der Waals surface area contributed by atoms with Crippen LogP contribution in [0.5, 0.6) is 0 Å². The van der Waals surface area contributed by atoms with Crippen molar-refractivity contribution in [3.05, 3.63) is 54.1 Å². The molecule has 9 heteroatoms. The van der Waals surface area contributed by atoms with Crippen LogP contribution in [0.4, 0.5) is 0 Å². The topological polar surface area (TPSA) is 91.0 Å². The van der Waals surface area contributed by atoms with E-state index in [4.69, 9.17) is 4.74 Å². The highest BCUT2D eigenvalue weighted by molar-refractivity contribution is 5.94. The Hall–Kier alpha value is -3.07. The Labute approximate surface area is 168 Å². The van der Waals surface area contributed by atoms with Crippen LogP contribution in [0.3, 0.4) is 0 Å². The van der Waals surface area contributed by atoms with E-state index in [0.29, 0.717) is 24.6 Å². The molecule has 0 radical (unpaired) electrons. The summed E-state index contributed by atoms with van der Waals surface area (Å²) in [6, 6.07) is 7.64. The Kier molecular flexibility index (Phi) is 4.59. The maximum Gasteiger partial charge on any atom is 0.254 e. The van der Waals surface area contributed by atoms with Gasteiger partial charge in [0.2, 0.25) is 0 Å². The van der Waals surface area contributed by atoms with Gasteiger partial charge in [-0.1, -0.05) is 6.07 Å². The van der Waals surface area contributed by atoms with E-state index in [0.717, 1.165) is 43.4 Å². The molecule has 4 heterocycles. The fraction of sp³-hybridized carbons (Fsp3) is 0.450. The first kappa shape index (κ1) is 18.0. The zero-order chi connectivity index (χ0) is 19.8. The number of hydrogen-bond acceptors (Lipinski definition) is 6. The Bertz CT molecular complexity index is 1010. The highest BCUT2D eigenvalue weighted by atomic mass is 16.5. The van der Waals surface area contributed by atoms with Crippen LogP contribution in [0.2, 0.25) is 0 Å². The van der Waals surface area contributed by atoms with Crippen LogP contribution in [0, 0.1) is 0 Å². The largest absolute Gasteiger partial charge is 0.381 e. The molecule has 2 aromatic heterocycles. The first-order chi connectivity index (χ1) is 14.2. The number of fused-ring (bicyclic) bond motifs is 1. The second-order valence-corrected chi connectivity index (χ2v) is 7.69. The SMILES string of the molecule is C[C@H]1CN(C(=O)c2cccc(-n3cnnc3)c2)Cc2nnc(C3CCOCC3)n21. The lowest BCUT2D eigenvalue weighted by molar-refractivity contribution is 0.0668. The smallest absolute Gasteiger partial charge is 0.254 e. The number of aromatic nitrogens is 6. The van der Waals surface area contributed by atoms with Gasteiger partial charge in [-0.05, 0) is 38.0 Å². The Morgan fingerprint density at radius 1 is 1.14 bits per heavy atom. The molecule has 1 atom stereocenters. The van der Waals surface area contributed by atoms with Crippen LogP contribution < -0.4 is 0 Å². The molecule has 0 unspecified atom stereocenters. The average molecular weight is 393 g/mol. The highest BCUT2D eigenvalue weighted by Crippen LogP contribution is 2.31. The molecule has 1 amide bonds. The van der Waals surface area contributed by atoms with E-state index in [9.17, 15) is 4.79 Å². The molecular weight excluding hydrogens is 370 g/mol. The quantitative estimate of drug-likeness (QED) is 0.676. The van der Waals surface area contributed by atoms with Gasteiger partial charge in [-0.3, -0.25) is 9.36 Å². The third-order valence-electron chi connectivity index (χ3n) is 5.73. The van der Waals surface area contributed by atoms with Gasteiger partial charge in [0.15, 0.2) is 5.82 Å². The van der Waals surface area contributed by atoms with Gasteiger partial charge in [0.25, 0.3) is 5.91 Å². The number of carbonyl (C=O) groups excluding carboxylic acids is 1. The molecule has 2 aliphatic rings. The Balaban J connectivity index is 1.38. The van der Waals surface area contributed by atoms with Gasteiger partial charge in [0.05, 0.1) is 12.6 Å². The number of ether oxygens (including phenoxy) is 1. The third-order valence-corrected chi connectivity index (χ3v) is 5.73. The number of hydrogen-bond donors (Lipinski definition) is 0. The van der Waals surface area contributed by atoms with Gasteiger partial charge < -0.3 is 14.2 Å². The average Bonchev–Trinajstić information content (AvgIpc) is 3.44. The number of nitrogens with zero attached hydrogens (tertiary/aromatic N) is 7. The molecule has 5 rings (SSSR count). The number of benzene rings is 1. The van der Waals surface area contributed by atoms with Gasteiger partial charge in [-0.2, -0.15) is 0 Å². The first-order valence-corrected chi connectivity index (χ1v) is 9.96. The monoisotopic (exact) mass is 393 g/mol. The summed E-state index contributed by atoms with van der Waals surface area (Å²) < 4.78 is 9.50. The summed E-state index contributed by atoms with van der Waals surface area (Å²) in [7, 11) is 0. The lowest BCUT2D eigenvalue weighted by atomic mass is 9.98. The zero-order valence-electron chi connectivity index (χ0n) is 16.3. The molecule has 1 fully saturated rings. The van der Waals surface area contributed by atoms with E-state index in [-0.39, 0.29) is 11.9 Å². The van der Waals surface area contributed by atoms with Crippen LogP contribution in [-0.2, 0) is 11.3 Å². The van der Waals surface area contributed by atoms with Crippen molar-refractivity contribution in [1.29, 1.82) is 0 Å². The molecule has 0 saturated carbocycles. The second kappa shape index (κ2) is 7.40. The van der Waals surface area contributed by atoms with Gasteiger partial charge in [-0.25, -0.2) is 0 Å². The van der Waals surface area contributed by atoms with Crippen LogP contribution in [-0.4, -0.2) is 60.1 Å². The van der Waals surface area contributed by atoms with Gasteiger partial charge >= 0.3 is 0 Å². The number of rotatable bonds is 3. The second-order valence-electron chi connectivity index (χ2n) is 7.69. The lowest BCUT2D eigenvalue weighted by Gasteiger charge is -2.34. The van der Waals surface area contributed by atoms with E-state index < -0.39 is 0 Å². The molecule has 0 spiro atoms. The lowest BCUT2D eigenvalue weighted by Crippen LogP contribution is -2.41. The third kappa shape index (κ3) is 3.31. The summed E-state index contributed by atoms with van der Waals surface area (Å²) >= 11 is 0. The predicted octanol–water partition coefficient (Wildman–Crippen LogP) is 1.97. The maximum atomic E-state index is 13.2. The number of carbonyl (C=O) groups is 1. The van der Waals surface area contributed by atoms with Crippen molar-refractivity contribution in [1.82, 2.24) is 34.4 Å². The van der Waals surface area contributed by atoms with Crippen molar-refractivity contribution in [3.8, 4) is 5.69 Å². The maximum absolute atomic E-state index is 13.2. The molecule has 1 saturated heterocycles. The summed E-state index contributed by atoms with van der Waals surface area (Å²) in [5, 5.41) is 16.6. The van der Waals surface area contributed by atoms with Crippen LogP contribution >= 0.6 is 0 Å². The first-order valence-electron chi connectivity index (χ1n) is 9.96. The Morgan fingerprint density at radius 3 is 2.72 bits per heavy atom. The molecule has 0 bridgehead atoms. The minimum absolute atomic E-state index is 0.00589. The van der Waals surface area contributed by atoms with E-state index in [1.165, 1.54) is 0 Å². The molecule has 9 nitrogen and oxygen atoms in total. The van der Waals surface area contributed by atoms with Crippen molar-refractivity contribution >= 4 is 5.91 Å². The van der Waals surface area contributed by atoms with E-state index in [1.54, 1.807) is 17.2 Å². The van der Waals surface area contributed by atoms with Gasteiger partial charge in [0, 0.05) is 36.9 Å². The Morgan fingerprint density at radius 2 is 1.93 bits per heavy atom.